The van der Waals surface area contributed by atoms with Crippen LogP contribution in [0.2, 0.25) is 0 Å². The molecular formula is C36H38O10. The summed E-state index contributed by atoms with van der Waals surface area (Å²) in [6, 6.07) is 25.7. The van der Waals surface area contributed by atoms with Crippen molar-refractivity contribution in [2.24, 2.45) is 0 Å². The van der Waals surface area contributed by atoms with Gasteiger partial charge in [-0.25, -0.2) is 24.0 Å². The summed E-state index contributed by atoms with van der Waals surface area (Å²) in [5.74, 6) is -3.34. The molecule has 0 radical (unpaired) electrons. The van der Waals surface area contributed by atoms with E-state index in [1.54, 1.807) is 0 Å². The molecule has 0 aromatic heterocycles. The topological polar surface area (TPSA) is 142 Å². The van der Waals surface area contributed by atoms with Crippen LogP contribution in [0.5, 0.6) is 0 Å². The summed E-state index contributed by atoms with van der Waals surface area (Å²) in [5.41, 5.74) is 2.24. The zero-order valence-corrected chi connectivity index (χ0v) is 25.5. The van der Waals surface area contributed by atoms with Crippen molar-refractivity contribution in [3.05, 3.63) is 145 Å². The summed E-state index contributed by atoms with van der Waals surface area (Å²) in [5, 5.41) is 8.90. The third-order valence-electron chi connectivity index (χ3n) is 5.61. The first-order valence-electron chi connectivity index (χ1n) is 14.2. The average molecular weight is 631 g/mol. The molecule has 3 rings (SSSR count). The van der Waals surface area contributed by atoms with Crippen molar-refractivity contribution >= 4 is 29.8 Å². The maximum Gasteiger partial charge on any atom is 0.339 e. The number of esters is 4. The zero-order valence-electron chi connectivity index (χ0n) is 25.5. The molecule has 0 aliphatic heterocycles. The summed E-state index contributed by atoms with van der Waals surface area (Å²) >= 11 is 0. The van der Waals surface area contributed by atoms with E-state index >= 15 is 0 Å². The van der Waals surface area contributed by atoms with E-state index in [4.69, 9.17) is 19.3 Å². The Labute approximate surface area is 268 Å². The second-order valence-electron chi connectivity index (χ2n) is 8.93. The second-order valence-corrected chi connectivity index (χ2v) is 8.93. The third kappa shape index (κ3) is 17.4. The van der Waals surface area contributed by atoms with Crippen LogP contribution in [0.15, 0.2) is 123 Å². The van der Waals surface area contributed by atoms with Gasteiger partial charge in [-0.3, -0.25) is 0 Å². The van der Waals surface area contributed by atoms with Gasteiger partial charge in [0.2, 0.25) is 0 Å². The van der Waals surface area contributed by atoms with E-state index in [0.29, 0.717) is 13.2 Å². The number of rotatable bonds is 15. The van der Waals surface area contributed by atoms with Gasteiger partial charge < -0.3 is 24.1 Å². The molecule has 1 N–H and O–H groups in total. The Hall–Kier alpha value is -5.77. The fourth-order valence-corrected chi connectivity index (χ4v) is 3.39. The van der Waals surface area contributed by atoms with Crippen LogP contribution in [0.4, 0.5) is 0 Å². The van der Waals surface area contributed by atoms with Gasteiger partial charge in [0.05, 0.1) is 24.3 Å². The maximum absolute atomic E-state index is 11.6. The molecule has 10 nitrogen and oxygen atoms in total. The molecule has 3 aromatic carbocycles. The van der Waals surface area contributed by atoms with Crippen molar-refractivity contribution in [2.45, 2.75) is 19.3 Å². The molecule has 0 aliphatic rings. The highest BCUT2D eigenvalue weighted by Crippen LogP contribution is 2.10. The van der Waals surface area contributed by atoms with E-state index in [9.17, 15) is 24.0 Å². The van der Waals surface area contributed by atoms with Gasteiger partial charge in [0.15, 0.2) is 0 Å². The number of hydrogen-bond acceptors (Lipinski definition) is 9. The molecule has 0 unspecified atom stereocenters. The SMILES string of the molecule is C=CC(=O)OCCCc1ccccc1.C=CC(=O)OCCOC(=O)c1ccccc1C(=O)O.C=CC(=O)OCCc1ccccc1. The largest absolute Gasteiger partial charge is 0.478 e. The van der Waals surface area contributed by atoms with Crippen molar-refractivity contribution in [2.75, 3.05) is 26.4 Å². The smallest absolute Gasteiger partial charge is 0.339 e. The summed E-state index contributed by atoms with van der Waals surface area (Å²) in [4.78, 5) is 54.6. The average Bonchev–Trinajstić information content (AvgIpc) is 3.09. The molecule has 46 heavy (non-hydrogen) atoms. The highest BCUT2D eigenvalue weighted by atomic mass is 16.6. The molecule has 0 spiro atoms. The van der Waals surface area contributed by atoms with Gasteiger partial charge in [0.1, 0.15) is 13.2 Å². The monoisotopic (exact) mass is 630 g/mol. The molecule has 0 aliphatic carbocycles. The first-order valence-corrected chi connectivity index (χ1v) is 14.2. The van der Waals surface area contributed by atoms with Crippen LogP contribution in [-0.4, -0.2) is 61.4 Å². The molecule has 3 aromatic rings. The molecule has 0 amide bonds. The van der Waals surface area contributed by atoms with Crippen LogP contribution in [0.1, 0.15) is 38.3 Å². The molecule has 0 atom stereocenters. The summed E-state index contributed by atoms with van der Waals surface area (Å²) in [7, 11) is 0. The number of hydrogen-bond donors (Lipinski definition) is 1. The standard InChI is InChI=1S/C13H12O6.C12H14O2.C11H12O2/c1-2-11(14)18-7-8-19-13(17)10-6-4-3-5-9(10)12(15)16;1-2-12(13)14-10-6-9-11-7-4-3-5-8-11;1-2-11(12)13-9-8-10-6-4-3-5-7-10/h2-6H,1,7-8H2,(H,15,16);2-5,7-8H,1,6,9-10H2;2-7H,1,8-9H2. The minimum atomic E-state index is -1.22. The highest BCUT2D eigenvalue weighted by molar-refractivity contribution is 6.02. The van der Waals surface area contributed by atoms with Crippen LogP contribution in [0.3, 0.4) is 0 Å². The van der Waals surface area contributed by atoms with Crippen LogP contribution < -0.4 is 0 Å². The molecular weight excluding hydrogens is 592 g/mol. The third-order valence-corrected chi connectivity index (χ3v) is 5.61. The summed E-state index contributed by atoms with van der Waals surface area (Å²) in [6.07, 6.45) is 5.88. The number of carbonyl (C=O) groups is 5. The van der Waals surface area contributed by atoms with Crippen molar-refractivity contribution in [3.8, 4) is 0 Å². The van der Waals surface area contributed by atoms with Gasteiger partial charge >= 0.3 is 29.8 Å². The first kappa shape index (κ1) is 38.3. The van der Waals surface area contributed by atoms with Crippen LogP contribution in [-0.2, 0) is 46.2 Å². The normalized spacial score (nSPS) is 9.39. The van der Waals surface area contributed by atoms with E-state index in [0.717, 1.165) is 25.3 Å². The Morgan fingerprint density at radius 2 is 0.935 bits per heavy atom. The number of ether oxygens (including phenoxy) is 4. The Balaban J connectivity index is 0.000000353. The molecule has 242 valence electrons. The van der Waals surface area contributed by atoms with Crippen molar-refractivity contribution in [3.63, 3.8) is 0 Å². The van der Waals surface area contributed by atoms with Crippen LogP contribution >= 0.6 is 0 Å². The Morgan fingerprint density at radius 3 is 1.43 bits per heavy atom. The van der Waals surface area contributed by atoms with Crippen molar-refractivity contribution in [1.82, 2.24) is 0 Å². The zero-order chi connectivity index (χ0) is 34.0. The molecule has 0 saturated heterocycles. The van der Waals surface area contributed by atoms with Gasteiger partial charge in [0, 0.05) is 24.6 Å². The van der Waals surface area contributed by atoms with E-state index in [1.807, 2.05) is 48.5 Å². The first-order chi connectivity index (χ1) is 22.2. The minimum absolute atomic E-state index is 0.0509. The lowest BCUT2D eigenvalue weighted by molar-refractivity contribution is -0.139. The fraction of sp³-hybridized carbons (Fsp3) is 0.194. The minimum Gasteiger partial charge on any atom is -0.478 e. The molecule has 0 fully saturated rings. The molecule has 0 bridgehead atoms. The van der Waals surface area contributed by atoms with E-state index in [2.05, 4.69) is 36.6 Å². The van der Waals surface area contributed by atoms with Crippen LogP contribution in [0, 0.1) is 0 Å². The van der Waals surface area contributed by atoms with E-state index < -0.39 is 17.9 Å². The summed E-state index contributed by atoms with van der Waals surface area (Å²) in [6.45, 7) is 10.4. The predicted molar refractivity (Wildman–Crippen MR) is 172 cm³/mol. The van der Waals surface area contributed by atoms with Crippen molar-refractivity contribution < 1.29 is 48.0 Å². The molecule has 0 saturated carbocycles. The number of benzene rings is 3. The van der Waals surface area contributed by atoms with Gasteiger partial charge in [-0.15, -0.1) is 0 Å². The Morgan fingerprint density at radius 1 is 0.522 bits per heavy atom. The molecule has 10 heteroatoms. The Kier molecular flexibility index (Phi) is 19.7. The maximum atomic E-state index is 11.6. The van der Waals surface area contributed by atoms with Crippen molar-refractivity contribution in [1.29, 1.82) is 0 Å². The van der Waals surface area contributed by atoms with Gasteiger partial charge in [-0.2, -0.15) is 0 Å². The second kappa shape index (κ2) is 23.7. The molecule has 0 heterocycles. The summed E-state index contributed by atoms with van der Waals surface area (Å²) < 4.78 is 19.1. The predicted octanol–water partition coefficient (Wildman–Crippen LogP) is 5.58. The van der Waals surface area contributed by atoms with Gasteiger partial charge in [-0.1, -0.05) is 92.5 Å². The lowest BCUT2D eigenvalue weighted by atomic mass is 10.1. The number of aromatic carboxylic acids is 1. The van der Waals surface area contributed by atoms with Gasteiger partial charge in [-0.05, 0) is 36.1 Å². The fourth-order valence-electron chi connectivity index (χ4n) is 3.39. The lowest BCUT2D eigenvalue weighted by Crippen LogP contribution is -2.15. The number of aryl methyl sites for hydroxylation is 1. The van der Waals surface area contributed by atoms with Crippen LogP contribution in [0.25, 0.3) is 0 Å². The quantitative estimate of drug-likeness (QED) is 0.0979. The number of carboxylic acids is 1. The number of carbonyl (C=O) groups excluding carboxylic acids is 4. The highest BCUT2D eigenvalue weighted by Gasteiger charge is 2.16. The van der Waals surface area contributed by atoms with E-state index in [1.165, 1.54) is 47.5 Å². The van der Waals surface area contributed by atoms with Gasteiger partial charge in [0.25, 0.3) is 0 Å². The lowest BCUT2D eigenvalue weighted by Gasteiger charge is -2.07. The van der Waals surface area contributed by atoms with E-state index in [-0.39, 0.29) is 36.3 Å². The Bertz CT molecular complexity index is 1410. The number of carboxylic acid groups (broad SMARTS) is 1.